The van der Waals surface area contributed by atoms with Crippen molar-refractivity contribution in [1.82, 2.24) is 10.2 Å². The largest absolute Gasteiger partial charge is 0.416 e. The maximum absolute atomic E-state index is 12.7. The van der Waals surface area contributed by atoms with Gasteiger partial charge in [0.15, 0.2) is 0 Å². The summed E-state index contributed by atoms with van der Waals surface area (Å²) in [5, 5.41) is 2.84. The van der Waals surface area contributed by atoms with E-state index in [-0.39, 0.29) is 16.5 Å². The van der Waals surface area contributed by atoms with Gasteiger partial charge >= 0.3 is 6.18 Å². The molecule has 1 amide bonds. The van der Waals surface area contributed by atoms with Crippen molar-refractivity contribution >= 4 is 23.6 Å². The molecule has 1 aliphatic rings. The number of carbonyl (C=O) groups excluding carboxylic acids is 1. The molecule has 0 atom stereocenters. The van der Waals surface area contributed by atoms with Crippen LogP contribution in [-0.2, 0) is 15.7 Å². The standard InChI is InChI=1S/C16H18ClF3N2O2/c17-14-3-2-13(16(18,19)20)11-12(14)1-4-15(23)21-5-6-22-7-9-24-10-8-22/h1-4,11H,5-10H2,(H,21,23). The van der Waals surface area contributed by atoms with Crippen molar-refractivity contribution < 1.29 is 22.7 Å². The number of carbonyl (C=O) groups is 1. The lowest BCUT2D eigenvalue weighted by molar-refractivity contribution is -0.137. The Hall–Kier alpha value is -1.57. The highest BCUT2D eigenvalue weighted by Crippen LogP contribution is 2.32. The summed E-state index contributed by atoms with van der Waals surface area (Å²) < 4.78 is 43.3. The van der Waals surface area contributed by atoms with Crippen LogP contribution >= 0.6 is 11.6 Å². The van der Waals surface area contributed by atoms with Crippen molar-refractivity contribution in [3.05, 3.63) is 40.4 Å². The van der Waals surface area contributed by atoms with Crippen molar-refractivity contribution in [2.45, 2.75) is 6.18 Å². The Labute approximate surface area is 143 Å². The Morgan fingerprint density at radius 3 is 2.71 bits per heavy atom. The maximum Gasteiger partial charge on any atom is 0.416 e. The fraction of sp³-hybridized carbons (Fsp3) is 0.438. The van der Waals surface area contributed by atoms with Gasteiger partial charge in [0.05, 0.1) is 18.8 Å². The molecule has 1 aromatic carbocycles. The van der Waals surface area contributed by atoms with Crippen LogP contribution in [0.25, 0.3) is 6.08 Å². The Balaban J connectivity index is 1.86. The van der Waals surface area contributed by atoms with E-state index in [1.54, 1.807) is 0 Å². The topological polar surface area (TPSA) is 41.6 Å². The molecule has 1 N–H and O–H groups in total. The van der Waals surface area contributed by atoms with Gasteiger partial charge in [0.2, 0.25) is 5.91 Å². The summed E-state index contributed by atoms with van der Waals surface area (Å²) in [5.74, 6) is -0.378. The zero-order valence-corrected chi connectivity index (χ0v) is 13.7. The molecule has 132 valence electrons. The molecule has 1 aromatic rings. The molecule has 0 aromatic heterocycles. The van der Waals surface area contributed by atoms with Crippen LogP contribution in [-0.4, -0.2) is 50.2 Å². The number of rotatable bonds is 5. The van der Waals surface area contributed by atoms with Gasteiger partial charge in [-0.25, -0.2) is 0 Å². The zero-order valence-electron chi connectivity index (χ0n) is 12.9. The number of hydrogen-bond donors (Lipinski definition) is 1. The van der Waals surface area contributed by atoms with Crippen LogP contribution in [0.3, 0.4) is 0 Å². The Morgan fingerprint density at radius 2 is 2.04 bits per heavy atom. The molecule has 0 aliphatic carbocycles. The van der Waals surface area contributed by atoms with Crippen molar-refractivity contribution in [2.75, 3.05) is 39.4 Å². The Bertz CT molecular complexity index is 599. The van der Waals surface area contributed by atoms with Crippen molar-refractivity contribution in [1.29, 1.82) is 0 Å². The summed E-state index contributed by atoms with van der Waals surface area (Å²) >= 11 is 5.87. The molecule has 0 unspecified atom stereocenters. The van der Waals surface area contributed by atoms with Crippen LogP contribution < -0.4 is 5.32 Å². The molecule has 0 radical (unpaired) electrons. The third-order valence-corrected chi connectivity index (χ3v) is 3.91. The first-order chi connectivity index (χ1) is 11.4. The van der Waals surface area contributed by atoms with Crippen molar-refractivity contribution in [3.63, 3.8) is 0 Å². The predicted molar refractivity (Wildman–Crippen MR) is 85.8 cm³/mol. The maximum atomic E-state index is 12.7. The van der Waals surface area contributed by atoms with Gasteiger partial charge in [0, 0.05) is 37.3 Å². The van der Waals surface area contributed by atoms with Crippen molar-refractivity contribution in [2.24, 2.45) is 0 Å². The van der Waals surface area contributed by atoms with E-state index >= 15 is 0 Å². The molecule has 1 heterocycles. The van der Waals surface area contributed by atoms with Crippen LogP contribution in [0.15, 0.2) is 24.3 Å². The SMILES string of the molecule is O=C(C=Cc1cc(C(F)(F)F)ccc1Cl)NCCN1CCOCC1. The highest BCUT2D eigenvalue weighted by atomic mass is 35.5. The average molecular weight is 363 g/mol. The summed E-state index contributed by atoms with van der Waals surface area (Å²) in [5.41, 5.74) is -0.658. The molecule has 24 heavy (non-hydrogen) atoms. The third kappa shape index (κ3) is 5.81. The van der Waals surface area contributed by atoms with Crippen LogP contribution in [0, 0.1) is 0 Å². The number of benzene rings is 1. The Kier molecular flexibility index (Phi) is 6.65. The highest BCUT2D eigenvalue weighted by molar-refractivity contribution is 6.32. The van der Waals surface area contributed by atoms with Crippen molar-refractivity contribution in [3.8, 4) is 0 Å². The van der Waals surface area contributed by atoms with Gasteiger partial charge in [-0.2, -0.15) is 13.2 Å². The normalized spacial score (nSPS) is 16.5. The van der Waals surface area contributed by atoms with E-state index in [1.165, 1.54) is 18.2 Å². The number of amides is 1. The van der Waals surface area contributed by atoms with Gasteiger partial charge in [-0.3, -0.25) is 9.69 Å². The predicted octanol–water partition coefficient (Wildman–Crippen LogP) is 2.82. The van der Waals surface area contributed by atoms with Gasteiger partial charge in [-0.05, 0) is 29.8 Å². The summed E-state index contributed by atoms with van der Waals surface area (Å²) in [7, 11) is 0. The van der Waals surface area contributed by atoms with Gasteiger partial charge in [-0.15, -0.1) is 0 Å². The lowest BCUT2D eigenvalue weighted by atomic mass is 10.1. The number of ether oxygens (including phenoxy) is 1. The molecule has 1 saturated heterocycles. The van der Waals surface area contributed by atoms with Crippen LogP contribution in [0.4, 0.5) is 13.2 Å². The fourth-order valence-electron chi connectivity index (χ4n) is 2.23. The van der Waals surface area contributed by atoms with Crippen LogP contribution in [0.1, 0.15) is 11.1 Å². The molecule has 0 spiro atoms. The monoisotopic (exact) mass is 362 g/mol. The van der Waals surface area contributed by atoms with E-state index in [9.17, 15) is 18.0 Å². The van der Waals surface area contributed by atoms with Gasteiger partial charge in [-0.1, -0.05) is 11.6 Å². The van der Waals surface area contributed by atoms with Crippen LogP contribution in [0.2, 0.25) is 5.02 Å². The van der Waals surface area contributed by atoms with E-state index < -0.39 is 11.7 Å². The number of morpholine rings is 1. The number of hydrogen-bond acceptors (Lipinski definition) is 3. The second kappa shape index (κ2) is 8.50. The van der Waals surface area contributed by atoms with E-state index in [0.717, 1.165) is 25.2 Å². The quantitative estimate of drug-likeness (QED) is 0.819. The van der Waals surface area contributed by atoms with E-state index in [1.807, 2.05) is 0 Å². The minimum Gasteiger partial charge on any atom is -0.379 e. The summed E-state index contributed by atoms with van der Waals surface area (Å²) in [6.45, 7) is 4.17. The second-order valence-corrected chi connectivity index (χ2v) is 5.72. The number of nitrogens with zero attached hydrogens (tertiary/aromatic N) is 1. The number of alkyl halides is 3. The lowest BCUT2D eigenvalue weighted by Gasteiger charge is -2.26. The minimum absolute atomic E-state index is 0.148. The smallest absolute Gasteiger partial charge is 0.379 e. The van der Waals surface area contributed by atoms with Gasteiger partial charge in [0.1, 0.15) is 0 Å². The first-order valence-electron chi connectivity index (χ1n) is 7.49. The fourth-order valence-corrected chi connectivity index (χ4v) is 2.41. The second-order valence-electron chi connectivity index (χ2n) is 5.31. The first-order valence-corrected chi connectivity index (χ1v) is 7.87. The molecule has 2 rings (SSSR count). The molecule has 1 fully saturated rings. The molecule has 0 bridgehead atoms. The summed E-state index contributed by atoms with van der Waals surface area (Å²) in [4.78, 5) is 13.9. The zero-order chi connectivity index (χ0) is 17.6. The lowest BCUT2D eigenvalue weighted by Crippen LogP contribution is -2.41. The third-order valence-electron chi connectivity index (χ3n) is 3.57. The van der Waals surface area contributed by atoms with Gasteiger partial charge in [0.25, 0.3) is 0 Å². The first kappa shape index (κ1) is 18.8. The van der Waals surface area contributed by atoms with E-state index in [2.05, 4.69) is 10.2 Å². The molecular weight excluding hydrogens is 345 g/mol. The van der Waals surface area contributed by atoms with E-state index in [4.69, 9.17) is 16.3 Å². The Morgan fingerprint density at radius 1 is 1.33 bits per heavy atom. The summed E-state index contributed by atoms with van der Waals surface area (Å²) in [6, 6.07) is 2.99. The molecule has 0 saturated carbocycles. The average Bonchev–Trinajstić information content (AvgIpc) is 2.54. The molecular formula is C16H18ClF3N2O2. The molecule has 1 aliphatic heterocycles. The van der Waals surface area contributed by atoms with Crippen LogP contribution in [0.5, 0.6) is 0 Å². The summed E-state index contributed by atoms with van der Waals surface area (Å²) in [6.07, 6.45) is -1.99. The minimum atomic E-state index is -4.45. The molecule has 4 nitrogen and oxygen atoms in total. The number of halogens is 4. The van der Waals surface area contributed by atoms with Gasteiger partial charge < -0.3 is 10.1 Å². The highest BCUT2D eigenvalue weighted by Gasteiger charge is 2.30. The number of nitrogens with one attached hydrogen (secondary N) is 1. The molecule has 8 heteroatoms. The van der Waals surface area contributed by atoms with E-state index in [0.29, 0.717) is 26.3 Å².